The predicted molar refractivity (Wildman–Crippen MR) is 109 cm³/mol. The number of anilines is 1. The number of nitrogens with one attached hydrogen (secondary N) is 1. The first kappa shape index (κ1) is 19.5. The van der Waals surface area contributed by atoms with Gasteiger partial charge in [0.1, 0.15) is 15.7 Å². The molecule has 0 radical (unpaired) electrons. The highest BCUT2D eigenvalue weighted by Crippen LogP contribution is 2.35. The van der Waals surface area contributed by atoms with E-state index in [2.05, 4.69) is 15.3 Å². The van der Waals surface area contributed by atoms with Gasteiger partial charge in [-0.05, 0) is 32.4 Å². The van der Waals surface area contributed by atoms with Crippen LogP contribution < -0.4 is 5.32 Å². The largest absolute Gasteiger partial charge is 0.324 e. The molecule has 0 spiro atoms. The highest BCUT2D eigenvalue weighted by atomic mass is 35.5. The van der Waals surface area contributed by atoms with Crippen molar-refractivity contribution in [3.05, 3.63) is 49.6 Å². The summed E-state index contributed by atoms with van der Waals surface area (Å²) in [4.78, 5) is 33.6. The molecule has 0 aliphatic rings. The van der Waals surface area contributed by atoms with Crippen LogP contribution >= 0.6 is 34.7 Å². The van der Waals surface area contributed by atoms with Gasteiger partial charge in [-0.25, -0.2) is 9.97 Å². The molecule has 0 unspecified atom stereocenters. The molecular weight excluding hydrogens is 408 g/mol. The first-order valence-electron chi connectivity index (χ1n) is 7.87. The van der Waals surface area contributed by atoms with Crippen LogP contribution in [0, 0.1) is 30.9 Å². The van der Waals surface area contributed by atoms with E-state index in [0.717, 1.165) is 20.8 Å². The molecule has 10 heteroatoms. The van der Waals surface area contributed by atoms with Gasteiger partial charge in [0.05, 0.1) is 21.4 Å². The molecule has 3 aromatic rings. The van der Waals surface area contributed by atoms with Crippen LogP contribution in [0.25, 0.3) is 10.2 Å². The summed E-state index contributed by atoms with van der Waals surface area (Å²) in [7, 11) is 0. The first-order valence-corrected chi connectivity index (χ1v) is 10.0. The van der Waals surface area contributed by atoms with E-state index in [1.165, 1.54) is 34.8 Å². The van der Waals surface area contributed by atoms with Crippen molar-refractivity contribution in [1.82, 2.24) is 9.97 Å². The van der Waals surface area contributed by atoms with Crippen molar-refractivity contribution in [2.45, 2.75) is 25.8 Å². The molecule has 0 saturated heterocycles. The fraction of sp³-hybridized carbons (Fsp3) is 0.235. The molecule has 0 saturated carbocycles. The number of fused-ring (bicyclic) bond motifs is 1. The summed E-state index contributed by atoms with van der Waals surface area (Å²) >= 11 is 8.95. The van der Waals surface area contributed by atoms with Gasteiger partial charge < -0.3 is 5.32 Å². The molecule has 27 heavy (non-hydrogen) atoms. The monoisotopic (exact) mass is 422 g/mol. The minimum absolute atomic E-state index is 0.118. The van der Waals surface area contributed by atoms with E-state index in [1.54, 1.807) is 11.3 Å². The summed E-state index contributed by atoms with van der Waals surface area (Å²) < 4.78 is 0. The van der Waals surface area contributed by atoms with Crippen molar-refractivity contribution >= 4 is 62.2 Å². The Morgan fingerprint density at radius 1 is 1.33 bits per heavy atom. The lowest BCUT2D eigenvalue weighted by atomic mass is 10.2. The van der Waals surface area contributed by atoms with Crippen LogP contribution in [0.3, 0.4) is 0 Å². The number of halogens is 1. The lowest BCUT2D eigenvalue weighted by Crippen LogP contribution is -2.14. The van der Waals surface area contributed by atoms with Crippen LogP contribution in [-0.4, -0.2) is 26.6 Å². The van der Waals surface area contributed by atoms with Crippen LogP contribution in [-0.2, 0) is 4.79 Å². The third-order valence-corrected chi connectivity index (χ3v) is 6.27. The summed E-state index contributed by atoms with van der Waals surface area (Å²) in [6, 6.07) is 3.92. The number of thioether (sulfide) groups is 1. The minimum Gasteiger partial charge on any atom is -0.324 e. The van der Waals surface area contributed by atoms with Gasteiger partial charge in [-0.1, -0.05) is 23.4 Å². The minimum atomic E-state index is -0.540. The van der Waals surface area contributed by atoms with E-state index in [1.807, 2.05) is 20.8 Å². The number of amides is 1. The number of benzene rings is 1. The average Bonchev–Trinajstić information content (AvgIpc) is 2.88. The van der Waals surface area contributed by atoms with Gasteiger partial charge in [0, 0.05) is 22.4 Å². The molecule has 0 aliphatic heterocycles. The highest BCUT2D eigenvalue weighted by Gasteiger charge is 2.16. The lowest BCUT2D eigenvalue weighted by molar-refractivity contribution is -0.384. The maximum absolute atomic E-state index is 12.3. The van der Waals surface area contributed by atoms with Crippen molar-refractivity contribution < 1.29 is 9.72 Å². The maximum Gasteiger partial charge on any atom is 0.271 e. The Labute approximate surface area is 168 Å². The van der Waals surface area contributed by atoms with Gasteiger partial charge in [0.2, 0.25) is 5.91 Å². The lowest BCUT2D eigenvalue weighted by Gasteiger charge is -2.08. The smallest absolute Gasteiger partial charge is 0.271 e. The summed E-state index contributed by atoms with van der Waals surface area (Å²) in [6.07, 6.45) is 0. The molecule has 0 aliphatic carbocycles. The van der Waals surface area contributed by atoms with E-state index in [0.29, 0.717) is 11.5 Å². The van der Waals surface area contributed by atoms with Crippen molar-refractivity contribution in [3.8, 4) is 0 Å². The van der Waals surface area contributed by atoms with Gasteiger partial charge in [0.25, 0.3) is 5.69 Å². The Morgan fingerprint density at radius 3 is 2.74 bits per heavy atom. The molecule has 1 amide bonds. The fourth-order valence-corrected chi connectivity index (χ4v) is 4.75. The van der Waals surface area contributed by atoms with Crippen LogP contribution in [0.1, 0.15) is 16.3 Å². The number of carbonyl (C=O) groups is 1. The van der Waals surface area contributed by atoms with Gasteiger partial charge in [-0.2, -0.15) is 0 Å². The quantitative estimate of drug-likeness (QED) is 0.271. The van der Waals surface area contributed by atoms with Crippen molar-refractivity contribution in [2.75, 3.05) is 11.1 Å². The summed E-state index contributed by atoms with van der Waals surface area (Å²) in [5.74, 6) is 0.516. The number of hydrogen-bond acceptors (Lipinski definition) is 7. The third kappa shape index (κ3) is 4.20. The molecule has 1 N–H and O–H groups in total. The van der Waals surface area contributed by atoms with E-state index >= 15 is 0 Å². The predicted octanol–water partition coefficient (Wildman–Crippen LogP) is 4.91. The number of aryl methyl sites for hydroxylation is 3. The van der Waals surface area contributed by atoms with Gasteiger partial charge in [-0.15, -0.1) is 11.3 Å². The molecule has 140 valence electrons. The van der Waals surface area contributed by atoms with Gasteiger partial charge >= 0.3 is 0 Å². The fourth-order valence-electron chi connectivity index (χ4n) is 2.46. The van der Waals surface area contributed by atoms with Crippen LogP contribution in [0.5, 0.6) is 0 Å². The molecule has 0 fully saturated rings. The SMILES string of the molecule is Cc1nc(SCC(=O)Nc2ccc([N+](=O)[O-])cc2Cl)c2c(C)c(C)sc2n1. The summed E-state index contributed by atoms with van der Waals surface area (Å²) in [6.45, 7) is 5.88. The van der Waals surface area contributed by atoms with E-state index in [9.17, 15) is 14.9 Å². The zero-order chi connectivity index (χ0) is 19.7. The van der Waals surface area contributed by atoms with Crippen molar-refractivity contribution in [3.63, 3.8) is 0 Å². The molecule has 2 heterocycles. The number of carbonyl (C=O) groups excluding carboxylic acids is 1. The third-order valence-electron chi connectivity index (χ3n) is 3.88. The Bertz CT molecular complexity index is 1070. The first-order chi connectivity index (χ1) is 12.8. The topological polar surface area (TPSA) is 98.0 Å². The normalized spacial score (nSPS) is 11.0. The van der Waals surface area contributed by atoms with E-state index < -0.39 is 4.92 Å². The molecule has 0 atom stereocenters. The van der Waals surface area contributed by atoms with Crippen LogP contribution in [0.4, 0.5) is 11.4 Å². The average molecular weight is 423 g/mol. The number of aromatic nitrogens is 2. The zero-order valence-corrected chi connectivity index (χ0v) is 17.1. The summed E-state index contributed by atoms with van der Waals surface area (Å²) in [5, 5.41) is 15.3. The summed E-state index contributed by atoms with van der Waals surface area (Å²) in [5.41, 5.74) is 1.32. The van der Waals surface area contributed by atoms with Crippen molar-refractivity contribution in [2.24, 2.45) is 0 Å². The van der Waals surface area contributed by atoms with E-state index in [-0.39, 0.29) is 22.4 Å². The van der Waals surface area contributed by atoms with Crippen molar-refractivity contribution in [1.29, 1.82) is 0 Å². The molecule has 0 bridgehead atoms. The second-order valence-corrected chi connectivity index (χ2v) is 8.37. The van der Waals surface area contributed by atoms with Crippen LogP contribution in [0.2, 0.25) is 5.02 Å². The Hall–Kier alpha value is -2.23. The van der Waals surface area contributed by atoms with Gasteiger partial charge in [-0.3, -0.25) is 14.9 Å². The molecule has 2 aromatic heterocycles. The Morgan fingerprint density at radius 2 is 2.07 bits per heavy atom. The molecule has 7 nitrogen and oxygen atoms in total. The number of non-ortho nitro benzene ring substituents is 1. The standard InChI is InChI=1S/C17H15ClN4O3S2/c1-8-9(2)27-17-15(8)16(19-10(3)20-17)26-7-14(23)21-13-5-4-11(22(24)25)6-12(13)18/h4-6H,7H2,1-3H3,(H,21,23). The number of thiophene rings is 1. The number of nitrogens with zero attached hydrogens (tertiary/aromatic N) is 3. The molecular formula is C17H15ClN4O3S2. The number of hydrogen-bond donors (Lipinski definition) is 1. The number of nitro groups is 1. The Kier molecular flexibility index (Phi) is 5.64. The molecule has 3 rings (SSSR count). The van der Waals surface area contributed by atoms with Crippen LogP contribution in [0.15, 0.2) is 23.2 Å². The molecule has 1 aromatic carbocycles. The second-order valence-electron chi connectivity index (χ2n) is 5.80. The van der Waals surface area contributed by atoms with E-state index in [4.69, 9.17) is 11.6 Å². The number of nitro benzene ring substituents is 1. The van der Waals surface area contributed by atoms with Gasteiger partial charge in [0.15, 0.2) is 0 Å². The number of rotatable bonds is 5. The highest BCUT2D eigenvalue weighted by molar-refractivity contribution is 8.00. The Balaban J connectivity index is 1.75. The maximum atomic E-state index is 12.3. The zero-order valence-electron chi connectivity index (χ0n) is 14.7. The second kappa shape index (κ2) is 7.79.